The maximum absolute atomic E-state index is 13.4. The first-order valence-electron chi connectivity index (χ1n) is 9.33. The first-order valence-corrected chi connectivity index (χ1v) is 10.1. The molecular weight excluding hydrogens is 358 g/mol. The average Bonchev–Trinajstić information content (AvgIpc) is 3.33. The summed E-state index contributed by atoms with van der Waals surface area (Å²) < 4.78 is 1.74. The van der Waals surface area contributed by atoms with Gasteiger partial charge >= 0.3 is 0 Å². The van der Waals surface area contributed by atoms with Crippen LogP contribution in [0.25, 0.3) is 10.6 Å². The molecule has 0 saturated heterocycles. The highest BCUT2D eigenvalue weighted by atomic mass is 32.1. The van der Waals surface area contributed by atoms with E-state index in [-0.39, 0.29) is 11.9 Å². The summed E-state index contributed by atoms with van der Waals surface area (Å²) in [6, 6.07) is 4.16. The number of pyridine rings is 1. The zero-order valence-electron chi connectivity index (χ0n) is 15.6. The number of hydrogen-bond donors (Lipinski definition) is 0. The van der Waals surface area contributed by atoms with Crippen molar-refractivity contribution in [3.63, 3.8) is 0 Å². The highest BCUT2D eigenvalue weighted by Gasteiger charge is 2.30. The van der Waals surface area contributed by atoms with E-state index in [0.29, 0.717) is 4.88 Å². The molecule has 0 atom stereocenters. The van der Waals surface area contributed by atoms with Gasteiger partial charge < -0.3 is 0 Å². The Morgan fingerprint density at radius 2 is 1.96 bits per heavy atom. The Bertz CT molecular complexity index is 924. The van der Waals surface area contributed by atoms with Crippen LogP contribution in [0.2, 0.25) is 0 Å². The Hall–Kier alpha value is -2.54. The molecule has 3 aromatic rings. The van der Waals surface area contributed by atoms with E-state index >= 15 is 0 Å². The number of hydrogen-bond acceptors (Lipinski definition) is 5. The fourth-order valence-electron chi connectivity index (χ4n) is 3.56. The van der Waals surface area contributed by atoms with Gasteiger partial charge in [-0.2, -0.15) is 5.10 Å². The minimum absolute atomic E-state index is 0.00843. The van der Waals surface area contributed by atoms with Gasteiger partial charge in [0.15, 0.2) is 0 Å². The smallest absolute Gasteiger partial charge is 0.271 e. The quantitative estimate of drug-likeness (QED) is 0.678. The van der Waals surface area contributed by atoms with Crippen LogP contribution in [0, 0.1) is 6.92 Å². The molecule has 1 saturated carbocycles. The van der Waals surface area contributed by atoms with E-state index in [1.807, 2.05) is 43.4 Å². The van der Waals surface area contributed by atoms with E-state index in [1.54, 1.807) is 17.1 Å². The Labute approximate surface area is 162 Å². The number of aryl methyl sites for hydroxylation is 2. The molecule has 1 amide bonds. The minimum atomic E-state index is -0.00843. The van der Waals surface area contributed by atoms with E-state index < -0.39 is 0 Å². The predicted octanol–water partition coefficient (Wildman–Crippen LogP) is 4.23. The lowest BCUT2D eigenvalue weighted by Crippen LogP contribution is -2.42. The van der Waals surface area contributed by atoms with Gasteiger partial charge in [0.05, 0.1) is 12.4 Å². The largest absolute Gasteiger partial charge is 0.289 e. The van der Waals surface area contributed by atoms with Crippen LogP contribution in [0.15, 0.2) is 36.9 Å². The van der Waals surface area contributed by atoms with Gasteiger partial charge in [-0.1, -0.05) is 25.3 Å². The Morgan fingerprint density at radius 3 is 2.63 bits per heavy atom. The van der Waals surface area contributed by atoms with Crippen molar-refractivity contribution in [3.8, 4) is 10.6 Å². The van der Waals surface area contributed by atoms with Crippen molar-refractivity contribution in [3.05, 3.63) is 47.4 Å². The number of nitrogens with zero attached hydrogens (tertiary/aromatic N) is 5. The zero-order chi connectivity index (χ0) is 18.8. The van der Waals surface area contributed by atoms with Crippen LogP contribution >= 0.6 is 11.3 Å². The van der Waals surface area contributed by atoms with E-state index in [2.05, 4.69) is 15.1 Å². The van der Waals surface area contributed by atoms with Crippen LogP contribution in [0.4, 0.5) is 5.82 Å². The van der Waals surface area contributed by atoms with E-state index in [0.717, 1.165) is 47.6 Å². The summed E-state index contributed by atoms with van der Waals surface area (Å²) in [6.07, 6.45) is 12.8. The summed E-state index contributed by atoms with van der Waals surface area (Å²) in [4.78, 5) is 24.9. The van der Waals surface area contributed by atoms with Gasteiger partial charge in [-0.25, -0.2) is 9.97 Å². The van der Waals surface area contributed by atoms with Gasteiger partial charge in [0.1, 0.15) is 15.7 Å². The number of thiazole rings is 1. The van der Waals surface area contributed by atoms with Crippen LogP contribution in [0.5, 0.6) is 0 Å². The molecule has 0 unspecified atom stereocenters. The molecule has 0 aliphatic heterocycles. The molecule has 0 aromatic carbocycles. The second-order valence-electron chi connectivity index (χ2n) is 7.09. The van der Waals surface area contributed by atoms with Gasteiger partial charge in [0, 0.05) is 31.0 Å². The Morgan fingerprint density at radius 1 is 1.15 bits per heavy atom. The second-order valence-corrected chi connectivity index (χ2v) is 8.12. The van der Waals surface area contributed by atoms with Gasteiger partial charge in [-0.15, -0.1) is 11.3 Å². The van der Waals surface area contributed by atoms with Crippen molar-refractivity contribution in [2.75, 3.05) is 4.90 Å². The first-order chi connectivity index (χ1) is 13.1. The van der Waals surface area contributed by atoms with Gasteiger partial charge in [-0.3, -0.25) is 14.4 Å². The number of anilines is 1. The molecule has 3 heterocycles. The molecule has 0 N–H and O–H groups in total. The van der Waals surface area contributed by atoms with Crippen LogP contribution in [-0.4, -0.2) is 31.7 Å². The monoisotopic (exact) mass is 381 g/mol. The van der Waals surface area contributed by atoms with Crippen molar-refractivity contribution in [2.45, 2.75) is 45.1 Å². The summed E-state index contributed by atoms with van der Waals surface area (Å²) >= 11 is 1.41. The molecule has 27 heavy (non-hydrogen) atoms. The molecule has 4 rings (SSSR count). The lowest BCUT2D eigenvalue weighted by atomic mass is 9.94. The molecule has 140 valence electrons. The predicted molar refractivity (Wildman–Crippen MR) is 107 cm³/mol. The third-order valence-electron chi connectivity index (χ3n) is 4.97. The lowest BCUT2D eigenvalue weighted by molar-refractivity contribution is 0.0973. The molecular formula is C20H23N5OS. The van der Waals surface area contributed by atoms with Crippen molar-refractivity contribution in [1.29, 1.82) is 0 Å². The average molecular weight is 382 g/mol. The fraction of sp³-hybridized carbons (Fsp3) is 0.400. The van der Waals surface area contributed by atoms with E-state index in [4.69, 9.17) is 0 Å². The fourth-order valence-corrected chi connectivity index (χ4v) is 4.38. The summed E-state index contributed by atoms with van der Waals surface area (Å²) in [7, 11) is 1.87. The topological polar surface area (TPSA) is 63.9 Å². The Balaban J connectivity index is 1.66. The molecule has 3 aromatic heterocycles. The summed E-state index contributed by atoms with van der Waals surface area (Å²) in [5.74, 6) is 0.722. The van der Waals surface area contributed by atoms with Crippen molar-refractivity contribution in [1.82, 2.24) is 19.7 Å². The van der Waals surface area contributed by atoms with Gasteiger partial charge in [0.25, 0.3) is 5.91 Å². The van der Waals surface area contributed by atoms with Gasteiger partial charge in [0.2, 0.25) is 0 Å². The maximum Gasteiger partial charge on any atom is 0.271 e. The van der Waals surface area contributed by atoms with E-state index in [9.17, 15) is 4.79 Å². The Kier molecular flexibility index (Phi) is 5.03. The molecule has 1 aliphatic carbocycles. The molecule has 1 aliphatic rings. The second kappa shape index (κ2) is 7.60. The summed E-state index contributed by atoms with van der Waals surface area (Å²) in [5, 5.41) is 5.00. The number of carbonyl (C=O) groups excluding carboxylic acids is 1. The van der Waals surface area contributed by atoms with Gasteiger partial charge in [-0.05, 0) is 31.4 Å². The first kappa shape index (κ1) is 17.9. The maximum atomic E-state index is 13.4. The number of carbonyl (C=O) groups is 1. The standard InChI is InChI=1S/C20H23N5OS/c1-14-8-9-18(21-10-14)25(16-6-4-3-5-7-16)20(26)17-12-22-19(27-17)15-11-23-24(2)13-15/h8-13,16H,3-7H2,1-2H3. The lowest BCUT2D eigenvalue weighted by Gasteiger charge is -2.33. The SMILES string of the molecule is Cc1ccc(N(C(=O)c2cnc(-c3cnn(C)c3)s2)C2CCCCC2)nc1. The molecule has 0 bridgehead atoms. The highest BCUT2D eigenvalue weighted by molar-refractivity contribution is 7.17. The van der Waals surface area contributed by atoms with Crippen LogP contribution in [0.3, 0.4) is 0 Å². The van der Waals surface area contributed by atoms with Crippen molar-refractivity contribution >= 4 is 23.1 Å². The van der Waals surface area contributed by atoms with Crippen molar-refractivity contribution < 1.29 is 4.79 Å². The van der Waals surface area contributed by atoms with Crippen LogP contribution in [-0.2, 0) is 7.05 Å². The molecule has 1 fully saturated rings. The normalized spacial score (nSPS) is 15.0. The molecule has 7 heteroatoms. The third kappa shape index (κ3) is 3.78. The van der Waals surface area contributed by atoms with Crippen LogP contribution < -0.4 is 4.90 Å². The molecule has 0 spiro atoms. The molecule has 0 radical (unpaired) electrons. The molecule has 6 nitrogen and oxygen atoms in total. The summed E-state index contributed by atoms with van der Waals surface area (Å²) in [5.41, 5.74) is 2.02. The van der Waals surface area contributed by atoms with Crippen LogP contribution in [0.1, 0.15) is 47.3 Å². The zero-order valence-corrected chi connectivity index (χ0v) is 16.4. The van der Waals surface area contributed by atoms with Crippen molar-refractivity contribution in [2.24, 2.45) is 7.05 Å². The van der Waals surface area contributed by atoms with E-state index in [1.165, 1.54) is 17.8 Å². The third-order valence-corrected chi connectivity index (χ3v) is 6.00. The number of rotatable bonds is 4. The highest BCUT2D eigenvalue weighted by Crippen LogP contribution is 2.31. The number of amides is 1. The summed E-state index contributed by atoms with van der Waals surface area (Å²) in [6.45, 7) is 2.01. The number of aromatic nitrogens is 4. The minimum Gasteiger partial charge on any atom is -0.289 e.